The highest BCUT2D eigenvalue weighted by Gasteiger charge is 2.27. The van der Waals surface area contributed by atoms with Gasteiger partial charge in [0, 0.05) is 38.0 Å². The Kier molecular flexibility index (Phi) is 4.95. The number of nitrogens with zero attached hydrogens (tertiary/aromatic N) is 1. The molecule has 0 aromatic carbocycles. The third-order valence-electron chi connectivity index (χ3n) is 3.51. The van der Waals surface area contributed by atoms with Crippen LogP contribution in [0.2, 0.25) is 0 Å². The number of anilines is 1. The van der Waals surface area contributed by atoms with Crippen LogP contribution in [-0.4, -0.2) is 39.2 Å². The van der Waals surface area contributed by atoms with Crippen molar-refractivity contribution in [3.05, 3.63) is 18.5 Å². The molecule has 0 aliphatic carbocycles. The molecule has 1 aromatic rings. The number of pyridine rings is 1. The Hall–Kier alpha value is -1.18. The lowest BCUT2D eigenvalue weighted by Crippen LogP contribution is -2.32. The average Bonchev–Trinajstić information content (AvgIpc) is 2.83. The number of nitrogens with one attached hydrogen (secondary N) is 2. The van der Waals surface area contributed by atoms with Gasteiger partial charge < -0.3 is 10.1 Å². The summed E-state index contributed by atoms with van der Waals surface area (Å²) < 4.78 is 32.8. The quantitative estimate of drug-likeness (QED) is 0.825. The first-order chi connectivity index (χ1) is 9.54. The summed E-state index contributed by atoms with van der Waals surface area (Å²) in [7, 11) is -3.55. The first-order valence-electron chi connectivity index (χ1n) is 6.83. The Bertz CT molecular complexity index is 548. The zero-order valence-electron chi connectivity index (χ0n) is 11.8. The Balaban J connectivity index is 2.10. The molecule has 2 N–H and O–H groups in total. The number of hydrogen-bond donors (Lipinski definition) is 2. The van der Waals surface area contributed by atoms with Gasteiger partial charge in [-0.25, -0.2) is 13.1 Å². The van der Waals surface area contributed by atoms with Gasteiger partial charge in [-0.15, -0.1) is 0 Å². The second kappa shape index (κ2) is 6.51. The maximum atomic E-state index is 12.4. The molecule has 1 aliphatic heterocycles. The summed E-state index contributed by atoms with van der Waals surface area (Å²) in [6.45, 7) is 5.63. The van der Waals surface area contributed by atoms with E-state index in [4.69, 9.17) is 4.74 Å². The monoisotopic (exact) mass is 299 g/mol. The van der Waals surface area contributed by atoms with Crippen LogP contribution in [0.3, 0.4) is 0 Å². The standard InChI is InChI=1S/C13H21N3O3S/c1-3-15-12-4-6-14-9-13(12)20(17,18)16-8-11-5-7-19-10(11)2/h4,6,9-11,16H,3,5,7-8H2,1-2H3,(H,14,15). The highest BCUT2D eigenvalue weighted by molar-refractivity contribution is 7.89. The van der Waals surface area contributed by atoms with Crippen molar-refractivity contribution in [3.63, 3.8) is 0 Å². The molecule has 0 spiro atoms. The van der Waals surface area contributed by atoms with E-state index in [2.05, 4.69) is 15.0 Å². The second-order valence-electron chi connectivity index (χ2n) is 4.88. The highest BCUT2D eigenvalue weighted by atomic mass is 32.2. The van der Waals surface area contributed by atoms with Crippen molar-refractivity contribution in [2.24, 2.45) is 5.92 Å². The van der Waals surface area contributed by atoms with Crippen LogP contribution in [0.5, 0.6) is 0 Å². The molecule has 0 radical (unpaired) electrons. The lowest BCUT2D eigenvalue weighted by atomic mass is 10.0. The average molecular weight is 299 g/mol. The normalized spacial score (nSPS) is 22.9. The molecular formula is C13H21N3O3S. The molecule has 1 aliphatic rings. The number of rotatable bonds is 6. The van der Waals surface area contributed by atoms with Crippen LogP contribution in [0.4, 0.5) is 5.69 Å². The predicted octanol–water partition coefficient (Wildman–Crippen LogP) is 1.22. The maximum absolute atomic E-state index is 12.4. The third-order valence-corrected chi connectivity index (χ3v) is 4.96. The molecule has 1 saturated heterocycles. The lowest BCUT2D eigenvalue weighted by Gasteiger charge is -2.16. The fourth-order valence-electron chi connectivity index (χ4n) is 2.27. The minimum atomic E-state index is -3.55. The minimum Gasteiger partial charge on any atom is -0.384 e. The van der Waals surface area contributed by atoms with Crippen molar-refractivity contribution in [1.82, 2.24) is 9.71 Å². The van der Waals surface area contributed by atoms with Crippen LogP contribution in [0.25, 0.3) is 0 Å². The van der Waals surface area contributed by atoms with Gasteiger partial charge in [-0.05, 0) is 26.3 Å². The Labute approximate surface area is 120 Å². The Morgan fingerprint density at radius 2 is 2.30 bits per heavy atom. The molecule has 0 bridgehead atoms. The van der Waals surface area contributed by atoms with E-state index in [0.29, 0.717) is 25.4 Å². The molecule has 20 heavy (non-hydrogen) atoms. The van der Waals surface area contributed by atoms with Gasteiger partial charge >= 0.3 is 0 Å². The van der Waals surface area contributed by atoms with Crippen molar-refractivity contribution >= 4 is 15.7 Å². The first-order valence-corrected chi connectivity index (χ1v) is 8.32. The maximum Gasteiger partial charge on any atom is 0.244 e. The zero-order valence-corrected chi connectivity index (χ0v) is 12.6. The molecular weight excluding hydrogens is 278 g/mol. The molecule has 2 rings (SSSR count). The van der Waals surface area contributed by atoms with Crippen LogP contribution < -0.4 is 10.0 Å². The van der Waals surface area contributed by atoms with E-state index in [1.54, 1.807) is 12.3 Å². The summed E-state index contributed by atoms with van der Waals surface area (Å²) >= 11 is 0. The summed E-state index contributed by atoms with van der Waals surface area (Å²) in [6, 6.07) is 1.67. The molecule has 2 unspecified atom stereocenters. The molecule has 0 amide bonds. The SMILES string of the molecule is CCNc1ccncc1S(=O)(=O)NCC1CCOC1C. The topological polar surface area (TPSA) is 80.3 Å². The van der Waals surface area contributed by atoms with E-state index in [1.165, 1.54) is 6.20 Å². The van der Waals surface area contributed by atoms with Crippen LogP contribution in [0.1, 0.15) is 20.3 Å². The fourth-order valence-corrected chi connectivity index (χ4v) is 3.49. The highest BCUT2D eigenvalue weighted by Crippen LogP contribution is 2.22. The van der Waals surface area contributed by atoms with Crippen molar-refractivity contribution < 1.29 is 13.2 Å². The van der Waals surface area contributed by atoms with Gasteiger partial charge in [-0.2, -0.15) is 0 Å². The van der Waals surface area contributed by atoms with Crippen LogP contribution in [0.15, 0.2) is 23.4 Å². The van der Waals surface area contributed by atoms with Gasteiger partial charge in [0.15, 0.2) is 0 Å². The predicted molar refractivity (Wildman–Crippen MR) is 77.1 cm³/mol. The molecule has 0 saturated carbocycles. The molecule has 1 aromatic heterocycles. The van der Waals surface area contributed by atoms with Gasteiger partial charge in [0.1, 0.15) is 4.90 Å². The number of ether oxygens (including phenoxy) is 1. The van der Waals surface area contributed by atoms with E-state index in [0.717, 1.165) is 6.42 Å². The molecule has 2 heterocycles. The van der Waals surface area contributed by atoms with Crippen molar-refractivity contribution in [1.29, 1.82) is 0 Å². The Morgan fingerprint density at radius 3 is 2.95 bits per heavy atom. The van der Waals surface area contributed by atoms with Crippen molar-refractivity contribution in [2.75, 3.05) is 25.0 Å². The van der Waals surface area contributed by atoms with Crippen LogP contribution in [0, 0.1) is 5.92 Å². The summed E-state index contributed by atoms with van der Waals surface area (Å²) in [5, 5.41) is 3.04. The van der Waals surface area contributed by atoms with Gasteiger partial charge in [0.25, 0.3) is 0 Å². The van der Waals surface area contributed by atoms with Gasteiger partial charge in [-0.3, -0.25) is 4.98 Å². The summed E-state index contributed by atoms with van der Waals surface area (Å²) in [6.07, 6.45) is 3.93. The minimum absolute atomic E-state index is 0.0971. The van der Waals surface area contributed by atoms with E-state index in [-0.39, 0.29) is 16.9 Å². The first kappa shape index (κ1) is 15.2. The molecule has 2 atom stereocenters. The van der Waals surface area contributed by atoms with Gasteiger partial charge in [0.05, 0.1) is 11.8 Å². The van der Waals surface area contributed by atoms with E-state index in [9.17, 15) is 8.42 Å². The molecule has 7 heteroatoms. The molecule has 1 fully saturated rings. The largest absolute Gasteiger partial charge is 0.384 e. The summed E-state index contributed by atoms with van der Waals surface area (Å²) in [5.41, 5.74) is 0.575. The number of sulfonamides is 1. The zero-order chi connectivity index (χ0) is 14.6. The smallest absolute Gasteiger partial charge is 0.244 e. The third kappa shape index (κ3) is 3.47. The summed E-state index contributed by atoms with van der Waals surface area (Å²) in [5.74, 6) is 0.226. The van der Waals surface area contributed by atoms with Crippen molar-refractivity contribution in [2.45, 2.75) is 31.3 Å². The second-order valence-corrected chi connectivity index (χ2v) is 6.61. The van der Waals surface area contributed by atoms with Crippen molar-refractivity contribution in [3.8, 4) is 0 Å². The van der Waals surface area contributed by atoms with Crippen LogP contribution >= 0.6 is 0 Å². The van der Waals surface area contributed by atoms with E-state index < -0.39 is 10.0 Å². The Morgan fingerprint density at radius 1 is 1.50 bits per heavy atom. The van der Waals surface area contributed by atoms with Crippen LogP contribution in [-0.2, 0) is 14.8 Å². The molecule has 6 nitrogen and oxygen atoms in total. The van der Waals surface area contributed by atoms with Gasteiger partial charge in [0.2, 0.25) is 10.0 Å². The van der Waals surface area contributed by atoms with E-state index in [1.807, 2.05) is 13.8 Å². The fraction of sp³-hybridized carbons (Fsp3) is 0.615. The number of aromatic nitrogens is 1. The van der Waals surface area contributed by atoms with E-state index >= 15 is 0 Å². The lowest BCUT2D eigenvalue weighted by molar-refractivity contribution is 0.107. The summed E-state index contributed by atoms with van der Waals surface area (Å²) in [4.78, 5) is 4.09. The van der Waals surface area contributed by atoms with Gasteiger partial charge in [-0.1, -0.05) is 0 Å². The number of hydrogen-bond acceptors (Lipinski definition) is 5. The molecule has 112 valence electrons.